The third-order valence-electron chi connectivity index (χ3n) is 5.23. The molecule has 4 nitrogen and oxygen atoms in total. The number of amides is 1. The Morgan fingerprint density at radius 2 is 1.96 bits per heavy atom. The van der Waals surface area contributed by atoms with Crippen LogP contribution in [0.5, 0.6) is 0 Å². The molecule has 1 aromatic rings. The number of rotatable bonds is 7. The molecular weight excluding hydrogens is 290 g/mol. The third-order valence-corrected chi connectivity index (χ3v) is 5.23. The molecule has 23 heavy (non-hydrogen) atoms. The summed E-state index contributed by atoms with van der Waals surface area (Å²) < 4.78 is 0. The number of aliphatic hydroxyl groups excluding tert-OH is 1. The second-order valence-electron chi connectivity index (χ2n) is 7.16. The molecule has 1 atom stereocenters. The smallest absolute Gasteiger partial charge is 0.220 e. The highest BCUT2D eigenvalue weighted by Crippen LogP contribution is 2.39. The number of carbonyl (C=O) groups is 2. The molecule has 1 fully saturated rings. The fourth-order valence-corrected chi connectivity index (χ4v) is 3.49. The van der Waals surface area contributed by atoms with Crippen LogP contribution >= 0.6 is 0 Å². The molecule has 4 heteroatoms. The minimum atomic E-state index is -0.534. The Labute approximate surface area is 137 Å². The lowest BCUT2D eigenvalue weighted by molar-refractivity contribution is -0.123. The molecule has 0 aliphatic heterocycles. The van der Waals surface area contributed by atoms with Crippen LogP contribution in [0.1, 0.15) is 60.5 Å². The molecule has 1 amide bonds. The maximum Gasteiger partial charge on any atom is 0.220 e. The van der Waals surface area contributed by atoms with Crippen LogP contribution in [0.25, 0.3) is 0 Å². The molecule has 124 valence electrons. The van der Waals surface area contributed by atoms with Gasteiger partial charge >= 0.3 is 0 Å². The second-order valence-corrected chi connectivity index (χ2v) is 7.16. The number of hydrogen-bond donors (Lipinski definition) is 2. The van der Waals surface area contributed by atoms with Gasteiger partial charge < -0.3 is 10.4 Å². The summed E-state index contributed by atoms with van der Waals surface area (Å²) in [6.07, 6.45) is 5.81. The van der Waals surface area contributed by atoms with Gasteiger partial charge in [0.05, 0.1) is 12.1 Å². The van der Waals surface area contributed by atoms with Crippen molar-refractivity contribution in [1.82, 2.24) is 5.32 Å². The minimum Gasteiger partial charge on any atom is -0.394 e. The van der Waals surface area contributed by atoms with E-state index in [2.05, 4.69) is 5.32 Å². The summed E-state index contributed by atoms with van der Waals surface area (Å²) in [5, 5.41) is 12.4. The number of aliphatic hydroxyl groups is 1. The predicted molar refractivity (Wildman–Crippen MR) is 88.4 cm³/mol. The minimum absolute atomic E-state index is 0.0203. The van der Waals surface area contributed by atoms with E-state index in [1.54, 1.807) is 0 Å². The van der Waals surface area contributed by atoms with Crippen LogP contribution in [0.3, 0.4) is 0 Å². The first-order chi connectivity index (χ1) is 11.0. The molecule has 1 saturated carbocycles. The summed E-state index contributed by atoms with van der Waals surface area (Å²) in [4.78, 5) is 24.4. The van der Waals surface area contributed by atoms with E-state index in [9.17, 15) is 14.7 Å². The lowest BCUT2D eigenvalue weighted by atomic mass is 9.96. The van der Waals surface area contributed by atoms with E-state index >= 15 is 0 Å². The fraction of sp³-hybridized carbons (Fsp3) is 0.579. The predicted octanol–water partition coefficient (Wildman–Crippen LogP) is 2.42. The molecule has 0 saturated heterocycles. The summed E-state index contributed by atoms with van der Waals surface area (Å²) in [6.45, 7) is 1.83. The third kappa shape index (κ3) is 3.63. The largest absolute Gasteiger partial charge is 0.394 e. The summed E-state index contributed by atoms with van der Waals surface area (Å²) in [6, 6.07) is 5.92. The average Bonchev–Trinajstić information content (AvgIpc) is 3.31. The van der Waals surface area contributed by atoms with Gasteiger partial charge in [0.1, 0.15) is 0 Å². The van der Waals surface area contributed by atoms with Crippen molar-refractivity contribution in [3.63, 3.8) is 0 Å². The van der Waals surface area contributed by atoms with Crippen molar-refractivity contribution in [2.45, 2.75) is 57.4 Å². The maximum atomic E-state index is 12.3. The number of aryl methyl sites for hydroxylation is 2. The van der Waals surface area contributed by atoms with Crippen LogP contribution in [0.2, 0.25) is 0 Å². The number of Topliss-reactive ketones (excluding diaryl/α,β-unsaturated/α-hetero) is 1. The number of benzene rings is 1. The monoisotopic (exact) mass is 315 g/mol. The Morgan fingerprint density at radius 1 is 1.22 bits per heavy atom. The molecule has 0 spiro atoms. The topological polar surface area (TPSA) is 66.4 Å². The van der Waals surface area contributed by atoms with E-state index in [-0.39, 0.29) is 31.1 Å². The van der Waals surface area contributed by atoms with E-state index < -0.39 is 5.54 Å². The van der Waals surface area contributed by atoms with Crippen molar-refractivity contribution in [3.05, 3.63) is 34.9 Å². The van der Waals surface area contributed by atoms with Gasteiger partial charge in [-0.3, -0.25) is 9.59 Å². The SMILES string of the molecule is CC(CO)(NC(=O)CCC(=O)c1ccc2c(c1)CCC2)C1CC1. The first-order valence-electron chi connectivity index (χ1n) is 8.59. The zero-order chi connectivity index (χ0) is 16.4. The van der Waals surface area contributed by atoms with E-state index in [1.165, 1.54) is 11.1 Å². The Morgan fingerprint density at radius 3 is 2.65 bits per heavy atom. The maximum absolute atomic E-state index is 12.3. The molecule has 1 unspecified atom stereocenters. The van der Waals surface area contributed by atoms with Gasteiger partial charge in [-0.2, -0.15) is 0 Å². The van der Waals surface area contributed by atoms with Gasteiger partial charge in [0.25, 0.3) is 0 Å². The van der Waals surface area contributed by atoms with E-state index in [1.807, 2.05) is 25.1 Å². The van der Waals surface area contributed by atoms with Crippen LogP contribution in [0.15, 0.2) is 18.2 Å². The molecule has 3 rings (SSSR count). The summed E-state index contributed by atoms with van der Waals surface area (Å²) >= 11 is 0. The molecule has 0 radical (unpaired) electrons. The highest BCUT2D eigenvalue weighted by Gasteiger charge is 2.42. The molecule has 1 aromatic carbocycles. The number of nitrogens with one attached hydrogen (secondary N) is 1. The molecule has 0 aromatic heterocycles. The van der Waals surface area contributed by atoms with Gasteiger partial charge in [-0.25, -0.2) is 0 Å². The lowest BCUT2D eigenvalue weighted by Crippen LogP contribution is -2.50. The Balaban J connectivity index is 1.53. The van der Waals surface area contributed by atoms with Crippen LogP contribution in [0.4, 0.5) is 0 Å². The normalized spacial score (nSPS) is 19.0. The van der Waals surface area contributed by atoms with Crippen LogP contribution in [0, 0.1) is 5.92 Å². The average molecular weight is 315 g/mol. The Kier molecular flexibility index (Phi) is 4.53. The fourth-order valence-electron chi connectivity index (χ4n) is 3.49. The van der Waals surface area contributed by atoms with Gasteiger partial charge in [-0.05, 0) is 62.1 Å². The molecule has 0 bridgehead atoms. The van der Waals surface area contributed by atoms with Crippen molar-refractivity contribution in [1.29, 1.82) is 0 Å². The zero-order valence-corrected chi connectivity index (χ0v) is 13.7. The number of fused-ring (bicyclic) bond motifs is 1. The Bertz CT molecular complexity index is 621. The number of ketones is 1. The summed E-state index contributed by atoms with van der Waals surface area (Å²) in [7, 11) is 0. The van der Waals surface area contributed by atoms with Crippen LogP contribution in [-0.2, 0) is 17.6 Å². The lowest BCUT2D eigenvalue weighted by Gasteiger charge is -2.28. The van der Waals surface area contributed by atoms with E-state index in [4.69, 9.17) is 0 Å². The highest BCUT2D eigenvalue weighted by molar-refractivity contribution is 5.98. The quantitative estimate of drug-likeness (QED) is 0.759. The first-order valence-corrected chi connectivity index (χ1v) is 8.59. The van der Waals surface area contributed by atoms with Gasteiger partial charge in [0, 0.05) is 18.4 Å². The van der Waals surface area contributed by atoms with Gasteiger partial charge in [0.15, 0.2) is 5.78 Å². The molecular formula is C19H25NO3. The molecule has 2 aliphatic rings. The standard InChI is InChI=1S/C19H25NO3/c1-19(12-21,16-7-8-16)20-18(23)10-9-17(22)15-6-5-13-3-2-4-14(13)11-15/h5-6,11,16,21H,2-4,7-10,12H2,1H3,(H,20,23). The summed E-state index contributed by atoms with van der Waals surface area (Å²) in [5.41, 5.74) is 2.81. The van der Waals surface area contributed by atoms with Crippen LogP contribution in [-0.4, -0.2) is 28.9 Å². The van der Waals surface area contributed by atoms with Crippen LogP contribution < -0.4 is 5.32 Å². The van der Waals surface area contributed by atoms with Gasteiger partial charge in [-0.1, -0.05) is 12.1 Å². The second kappa shape index (κ2) is 6.44. The number of carbonyl (C=O) groups excluding carboxylic acids is 2. The highest BCUT2D eigenvalue weighted by atomic mass is 16.3. The van der Waals surface area contributed by atoms with Gasteiger partial charge in [-0.15, -0.1) is 0 Å². The van der Waals surface area contributed by atoms with Gasteiger partial charge in [0.2, 0.25) is 5.91 Å². The van der Waals surface area contributed by atoms with Crippen molar-refractivity contribution >= 4 is 11.7 Å². The van der Waals surface area contributed by atoms with E-state index in [0.717, 1.165) is 32.1 Å². The van der Waals surface area contributed by atoms with E-state index in [0.29, 0.717) is 11.5 Å². The Hall–Kier alpha value is -1.68. The van der Waals surface area contributed by atoms with Crippen molar-refractivity contribution in [2.75, 3.05) is 6.61 Å². The molecule has 2 aliphatic carbocycles. The summed E-state index contributed by atoms with van der Waals surface area (Å²) in [5.74, 6) is 0.235. The molecule has 0 heterocycles. The van der Waals surface area contributed by atoms with Crippen molar-refractivity contribution in [2.24, 2.45) is 5.92 Å². The molecule has 2 N–H and O–H groups in total. The zero-order valence-electron chi connectivity index (χ0n) is 13.7. The first kappa shape index (κ1) is 16.2. The van der Waals surface area contributed by atoms with Crippen molar-refractivity contribution < 1.29 is 14.7 Å². The van der Waals surface area contributed by atoms with Crippen molar-refractivity contribution in [3.8, 4) is 0 Å². The number of hydrogen-bond acceptors (Lipinski definition) is 3.